The van der Waals surface area contributed by atoms with Gasteiger partial charge < -0.3 is 10.6 Å². The van der Waals surface area contributed by atoms with Crippen molar-refractivity contribution in [1.29, 1.82) is 0 Å². The van der Waals surface area contributed by atoms with Gasteiger partial charge in [0.05, 0.1) is 4.90 Å². The SMILES string of the molecule is Cc1ccc(NC(=O)C2CCCN2S(=O)(=O)c2ccc3c(c2)CCC(=O)N3)cc1C. The van der Waals surface area contributed by atoms with Crippen LogP contribution in [0.15, 0.2) is 41.3 Å². The Labute approximate surface area is 176 Å². The Morgan fingerprint density at radius 3 is 2.67 bits per heavy atom. The molecule has 2 aromatic carbocycles. The molecule has 158 valence electrons. The predicted octanol–water partition coefficient (Wildman–Crippen LogP) is 2.98. The van der Waals surface area contributed by atoms with Gasteiger partial charge in [-0.25, -0.2) is 8.42 Å². The molecule has 2 N–H and O–H groups in total. The maximum absolute atomic E-state index is 13.3. The highest BCUT2D eigenvalue weighted by atomic mass is 32.2. The standard InChI is InChI=1S/C22H25N3O4S/c1-14-5-7-17(12-15(14)2)23-22(27)20-4-3-11-25(20)30(28,29)18-8-9-19-16(13-18)6-10-21(26)24-19/h5,7-9,12-13,20H,3-4,6,10-11H2,1-2H3,(H,23,27)(H,24,26). The molecule has 4 rings (SSSR count). The molecular formula is C22H25N3O4S. The van der Waals surface area contributed by atoms with E-state index in [0.717, 1.165) is 16.7 Å². The van der Waals surface area contributed by atoms with Crippen LogP contribution >= 0.6 is 0 Å². The van der Waals surface area contributed by atoms with E-state index in [2.05, 4.69) is 10.6 Å². The zero-order valence-electron chi connectivity index (χ0n) is 17.1. The number of hydrogen-bond donors (Lipinski definition) is 2. The van der Waals surface area contributed by atoms with Gasteiger partial charge in [-0.15, -0.1) is 0 Å². The maximum atomic E-state index is 13.3. The van der Waals surface area contributed by atoms with Gasteiger partial charge in [0.1, 0.15) is 6.04 Å². The van der Waals surface area contributed by atoms with Crippen molar-refractivity contribution in [2.75, 3.05) is 17.2 Å². The van der Waals surface area contributed by atoms with Gasteiger partial charge in [0.15, 0.2) is 0 Å². The molecule has 1 saturated heterocycles. The number of fused-ring (bicyclic) bond motifs is 1. The monoisotopic (exact) mass is 427 g/mol. The normalized spacial score (nSPS) is 19.3. The second-order valence-electron chi connectivity index (χ2n) is 7.93. The van der Waals surface area contributed by atoms with E-state index in [1.54, 1.807) is 12.1 Å². The van der Waals surface area contributed by atoms with Crippen molar-refractivity contribution in [3.8, 4) is 0 Å². The van der Waals surface area contributed by atoms with Crippen LogP contribution in [0.2, 0.25) is 0 Å². The number of nitrogens with zero attached hydrogens (tertiary/aromatic N) is 1. The van der Waals surface area contributed by atoms with Crippen LogP contribution in [-0.4, -0.2) is 37.1 Å². The third-order valence-corrected chi connectivity index (χ3v) is 7.76. The Hall–Kier alpha value is -2.71. The van der Waals surface area contributed by atoms with Crippen molar-refractivity contribution in [2.45, 2.75) is 50.5 Å². The Kier molecular flexibility index (Phi) is 5.38. The third kappa shape index (κ3) is 3.85. The van der Waals surface area contributed by atoms with Gasteiger partial charge in [-0.1, -0.05) is 6.07 Å². The summed E-state index contributed by atoms with van der Waals surface area (Å²) < 4.78 is 27.9. The summed E-state index contributed by atoms with van der Waals surface area (Å²) in [5, 5.41) is 5.63. The summed E-state index contributed by atoms with van der Waals surface area (Å²) >= 11 is 0. The fourth-order valence-corrected chi connectivity index (χ4v) is 5.70. The first kappa shape index (κ1) is 20.6. The highest BCUT2D eigenvalue weighted by Gasteiger charge is 2.39. The molecule has 1 fully saturated rings. The van der Waals surface area contributed by atoms with E-state index in [1.807, 2.05) is 32.0 Å². The average molecular weight is 428 g/mol. The molecule has 0 spiro atoms. The van der Waals surface area contributed by atoms with E-state index in [4.69, 9.17) is 0 Å². The molecule has 0 aliphatic carbocycles. The first-order valence-electron chi connectivity index (χ1n) is 10.1. The second kappa shape index (κ2) is 7.85. The molecule has 7 nitrogen and oxygen atoms in total. The minimum atomic E-state index is -3.83. The largest absolute Gasteiger partial charge is 0.326 e. The van der Waals surface area contributed by atoms with Gasteiger partial charge in [-0.05, 0) is 80.1 Å². The fourth-order valence-electron chi connectivity index (χ4n) is 3.99. The van der Waals surface area contributed by atoms with Gasteiger partial charge in [0, 0.05) is 24.3 Å². The van der Waals surface area contributed by atoms with Crippen LogP contribution in [0.5, 0.6) is 0 Å². The molecule has 2 aromatic rings. The summed E-state index contributed by atoms with van der Waals surface area (Å²) in [7, 11) is -3.83. The number of carbonyl (C=O) groups is 2. The number of nitrogens with one attached hydrogen (secondary N) is 2. The lowest BCUT2D eigenvalue weighted by Crippen LogP contribution is -2.43. The molecule has 2 aliphatic heterocycles. The first-order chi connectivity index (χ1) is 14.3. The topological polar surface area (TPSA) is 95.6 Å². The molecule has 1 atom stereocenters. The van der Waals surface area contributed by atoms with Gasteiger partial charge in [-0.2, -0.15) is 4.31 Å². The van der Waals surface area contributed by atoms with Crippen molar-refractivity contribution in [1.82, 2.24) is 4.31 Å². The Morgan fingerprint density at radius 1 is 1.10 bits per heavy atom. The fraction of sp³-hybridized carbons (Fsp3) is 0.364. The maximum Gasteiger partial charge on any atom is 0.243 e. The molecule has 2 amide bonds. The third-order valence-electron chi connectivity index (χ3n) is 5.86. The quantitative estimate of drug-likeness (QED) is 0.784. The van der Waals surface area contributed by atoms with Crippen molar-refractivity contribution in [3.05, 3.63) is 53.1 Å². The summed E-state index contributed by atoms with van der Waals surface area (Å²) in [6.07, 6.45) is 1.95. The van der Waals surface area contributed by atoms with Gasteiger partial charge >= 0.3 is 0 Å². The average Bonchev–Trinajstić information content (AvgIpc) is 3.21. The van der Waals surface area contributed by atoms with Crippen LogP contribution in [-0.2, 0) is 26.0 Å². The van der Waals surface area contributed by atoms with Crippen LogP contribution in [0.3, 0.4) is 0 Å². The minimum Gasteiger partial charge on any atom is -0.326 e. The van der Waals surface area contributed by atoms with Crippen molar-refractivity contribution in [2.24, 2.45) is 0 Å². The van der Waals surface area contributed by atoms with E-state index in [-0.39, 0.29) is 16.7 Å². The summed E-state index contributed by atoms with van der Waals surface area (Å²) in [6, 6.07) is 9.63. The molecule has 2 heterocycles. The van der Waals surface area contributed by atoms with E-state index >= 15 is 0 Å². The van der Waals surface area contributed by atoms with Crippen molar-refractivity contribution >= 4 is 33.2 Å². The van der Waals surface area contributed by atoms with Gasteiger partial charge in [0.25, 0.3) is 0 Å². The van der Waals surface area contributed by atoms with Gasteiger partial charge in [-0.3, -0.25) is 9.59 Å². The number of amides is 2. The van der Waals surface area contributed by atoms with Gasteiger partial charge in [0.2, 0.25) is 21.8 Å². The van der Waals surface area contributed by atoms with Crippen LogP contribution in [0.1, 0.15) is 36.0 Å². The summed E-state index contributed by atoms with van der Waals surface area (Å²) in [5.74, 6) is -0.384. The number of hydrogen-bond acceptors (Lipinski definition) is 4. The van der Waals surface area contributed by atoms with Crippen LogP contribution in [0.4, 0.5) is 11.4 Å². The van der Waals surface area contributed by atoms with E-state index in [1.165, 1.54) is 10.4 Å². The molecule has 8 heteroatoms. The Bertz CT molecular complexity index is 1130. The molecule has 0 aromatic heterocycles. The van der Waals surface area contributed by atoms with E-state index in [9.17, 15) is 18.0 Å². The van der Waals surface area contributed by atoms with Crippen molar-refractivity contribution < 1.29 is 18.0 Å². The summed E-state index contributed by atoms with van der Waals surface area (Å²) in [4.78, 5) is 24.6. The highest BCUT2D eigenvalue weighted by molar-refractivity contribution is 7.89. The second-order valence-corrected chi connectivity index (χ2v) is 9.82. The van der Waals surface area contributed by atoms with E-state index in [0.29, 0.717) is 43.6 Å². The summed E-state index contributed by atoms with van der Waals surface area (Å²) in [6.45, 7) is 4.27. The van der Waals surface area contributed by atoms with Crippen LogP contribution in [0, 0.1) is 13.8 Å². The van der Waals surface area contributed by atoms with E-state index < -0.39 is 16.1 Å². The van der Waals surface area contributed by atoms with Crippen LogP contribution < -0.4 is 10.6 Å². The number of sulfonamides is 1. The Morgan fingerprint density at radius 2 is 1.90 bits per heavy atom. The highest BCUT2D eigenvalue weighted by Crippen LogP contribution is 2.31. The number of rotatable bonds is 4. The number of aryl methyl sites for hydroxylation is 3. The molecule has 2 aliphatic rings. The number of benzene rings is 2. The smallest absolute Gasteiger partial charge is 0.243 e. The summed E-state index contributed by atoms with van der Waals surface area (Å²) in [5.41, 5.74) is 4.30. The minimum absolute atomic E-state index is 0.0688. The molecule has 0 bridgehead atoms. The first-order valence-corrected chi connectivity index (χ1v) is 11.5. The molecule has 1 unspecified atom stereocenters. The molecular weight excluding hydrogens is 402 g/mol. The Balaban J connectivity index is 1.56. The zero-order valence-corrected chi connectivity index (χ0v) is 17.9. The van der Waals surface area contributed by atoms with Crippen molar-refractivity contribution in [3.63, 3.8) is 0 Å². The lowest BCUT2D eigenvalue weighted by atomic mass is 10.0. The number of anilines is 2. The zero-order chi connectivity index (χ0) is 21.5. The lowest BCUT2D eigenvalue weighted by Gasteiger charge is -2.25. The lowest BCUT2D eigenvalue weighted by molar-refractivity contribution is -0.119. The molecule has 30 heavy (non-hydrogen) atoms. The molecule has 0 radical (unpaired) electrons. The predicted molar refractivity (Wildman–Crippen MR) is 115 cm³/mol. The van der Waals surface area contributed by atoms with Crippen LogP contribution in [0.25, 0.3) is 0 Å². The molecule has 0 saturated carbocycles. The number of carbonyl (C=O) groups excluding carboxylic acids is 2.